The number of hydrogen-bond donors (Lipinski definition) is 0. The van der Waals surface area contributed by atoms with Gasteiger partial charge >= 0.3 is 0 Å². The summed E-state index contributed by atoms with van der Waals surface area (Å²) in [6, 6.07) is 7.15. The van der Waals surface area contributed by atoms with Gasteiger partial charge in [-0.25, -0.2) is 4.39 Å². The highest BCUT2D eigenvalue weighted by molar-refractivity contribution is 9.09. The fourth-order valence-electron chi connectivity index (χ4n) is 2.33. The van der Waals surface area contributed by atoms with Gasteiger partial charge in [-0.15, -0.1) is 0 Å². The maximum atomic E-state index is 13.5. The molecule has 2 heteroatoms. The van der Waals surface area contributed by atoms with Crippen molar-refractivity contribution in [2.75, 3.05) is 0 Å². The fraction of sp³-hybridized carbons (Fsp3) is 0.500. The van der Waals surface area contributed by atoms with Crippen LogP contribution in [0.1, 0.15) is 31.2 Å². The Morgan fingerprint density at radius 1 is 1.29 bits per heavy atom. The zero-order valence-corrected chi connectivity index (χ0v) is 9.80. The smallest absolute Gasteiger partial charge is 0.126 e. The molecule has 0 amide bonds. The maximum Gasteiger partial charge on any atom is 0.126 e. The Morgan fingerprint density at radius 3 is 2.57 bits per heavy atom. The van der Waals surface area contributed by atoms with Crippen molar-refractivity contribution in [2.24, 2.45) is 5.92 Å². The Balaban J connectivity index is 2.28. The number of benzene rings is 1. The molecule has 14 heavy (non-hydrogen) atoms. The zero-order chi connectivity index (χ0) is 10.1. The van der Waals surface area contributed by atoms with Gasteiger partial charge < -0.3 is 0 Å². The van der Waals surface area contributed by atoms with E-state index in [4.69, 9.17) is 0 Å². The van der Waals surface area contributed by atoms with Crippen molar-refractivity contribution in [3.63, 3.8) is 0 Å². The van der Waals surface area contributed by atoms with Gasteiger partial charge in [-0.05, 0) is 36.3 Å². The van der Waals surface area contributed by atoms with Crippen LogP contribution in [0.3, 0.4) is 0 Å². The molecule has 0 N–H and O–H groups in total. The summed E-state index contributed by atoms with van der Waals surface area (Å²) in [6.07, 6.45) is 2.25. The molecule has 0 spiro atoms. The van der Waals surface area contributed by atoms with Crippen molar-refractivity contribution in [1.82, 2.24) is 0 Å². The van der Waals surface area contributed by atoms with Crippen LogP contribution in [0, 0.1) is 11.7 Å². The molecule has 0 nitrogen and oxygen atoms in total. The summed E-state index contributed by atoms with van der Waals surface area (Å²) in [6.45, 7) is 2.20. The third-order valence-electron chi connectivity index (χ3n) is 3.26. The molecule has 1 saturated carbocycles. The Labute approximate surface area is 92.6 Å². The van der Waals surface area contributed by atoms with Crippen molar-refractivity contribution >= 4 is 15.9 Å². The number of halogens is 2. The van der Waals surface area contributed by atoms with E-state index in [1.807, 2.05) is 12.1 Å². The number of rotatable bonds is 1. The molecule has 2 rings (SSSR count). The molecule has 76 valence electrons. The van der Waals surface area contributed by atoms with Gasteiger partial charge in [0, 0.05) is 4.83 Å². The highest BCUT2D eigenvalue weighted by Gasteiger charge is 2.33. The van der Waals surface area contributed by atoms with Gasteiger partial charge in [0.25, 0.3) is 0 Å². The molecule has 1 aliphatic carbocycles. The molecular formula is C12H14BrF. The highest BCUT2D eigenvalue weighted by atomic mass is 79.9. The molecule has 1 fully saturated rings. The molecule has 3 atom stereocenters. The predicted molar refractivity (Wildman–Crippen MR) is 60.3 cm³/mol. The first-order valence-electron chi connectivity index (χ1n) is 5.08. The van der Waals surface area contributed by atoms with Gasteiger partial charge in [0.2, 0.25) is 0 Å². The summed E-state index contributed by atoms with van der Waals surface area (Å²) in [5.74, 6) is 0.874. The van der Waals surface area contributed by atoms with Crippen molar-refractivity contribution in [3.8, 4) is 0 Å². The lowest BCUT2D eigenvalue weighted by atomic mass is 9.90. The van der Waals surface area contributed by atoms with E-state index in [-0.39, 0.29) is 5.82 Å². The largest absolute Gasteiger partial charge is 0.207 e. The van der Waals surface area contributed by atoms with E-state index in [1.54, 1.807) is 12.1 Å². The molecule has 0 bridgehead atoms. The zero-order valence-electron chi connectivity index (χ0n) is 8.21. The monoisotopic (exact) mass is 256 g/mol. The van der Waals surface area contributed by atoms with Gasteiger partial charge in [0.05, 0.1) is 0 Å². The molecule has 0 radical (unpaired) electrons. The second-order valence-corrected chi connectivity index (χ2v) is 5.26. The summed E-state index contributed by atoms with van der Waals surface area (Å²) in [4.78, 5) is 0.548. The predicted octanol–water partition coefficient (Wildman–Crippen LogP) is 4.10. The maximum absolute atomic E-state index is 13.5. The van der Waals surface area contributed by atoms with Crippen molar-refractivity contribution < 1.29 is 4.39 Å². The van der Waals surface area contributed by atoms with E-state index in [9.17, 15) is 4.39 Å². The van der Waals surface area contributed by atoms with Crippen LogP contribution in [-0.4, -0.2) is 4.83 Å². The Bertz CT molecular complexity index is 324. The average molecular weight is 257 g/mol. The first-order chi connectivity index (χ1) is 6.70. The highest BCUT2D eigenvalue weighted by Crippen LogP contribution is 2.43. The second kappa shape index (κ2) is 4.01. The third-order valence-corrected chi connectivity index (χ3v) is 4.56. The Morgan fingerprint density at radius 2 is 2.00 bits per heavy atom. The summed E-state index contributed by atoms with van der Waals surface area (Å²) in [5.41, 5.74) is 0.891. The fourth-order valence-corrected chi connectivity index (χ4v) is 2.96. The van der Waals surface area contributed by atoms with Crippen LogP contribution < -0.4 is 0 Å². The SMILES string of the molecule is CC1C(Br)CCC1c1ccccc1F. The van der Waals surface area contributed by atoms with Gasteiger partial charge in [-0.3, -0.25) is 0 Å². The van der Waals surface area contributed by atoms with Crippen LogP contribution in [0.2, 0.25) is 0 Å². The molecule has 1 aromatic rings. The van der Waals surface area contributed by atoms with Crippen LogP contribution >= 0.6 is 15.9 Å². The molecule has 3 unspecified atom stereocenters. The minimum Gasteiger partial charge on any atom is -0.207 e. The minimum absolute atomic E-state index is 0.0500. The first-order valence-corrected chi connectivity index (χ1v) is 6.00. The molecule has 0 saturated heterocycles. The lowest BCUT2D eigenvalue weighted by Gasteiger charge is -2.18. The Hall–Kier alpha value is -0.370. The van der Waals surface area contributed by atoms with Crippen LogP contribution in [0.5, 0.6) is 0 Å². The van der Waals surface area contributed by atoms with E-state index < -0.39 is 0 Å². The van der Waals surface area contributed by atoms with Crippen LogP contribution in [0.15, 0.2) is 24.3 Å². The van der Waals surface area contributed by atoms with Gasteiger partial charge in [-0.2, -0.15) is 0 Å². The van der Waals surface area contributed by atoms with E-state index in [0.29, 0.717) is 16.7 Å². The van der Waals surface area contributed by atoms with E-state index in [2.05, 4.69) is 22.9 Å². The minimum atomic E-state index is -0.0500. The normalized spacial score (nSPS) is 32.1. The van der Waals surface area contributed by atoms with Crippen molar-refractivity contribution in [3.05, 3.63) is 35.6 Å². The molecular weight excluding hydrogens is 243 g/mol. The lowest BCUT2D eigenvalue weighted by Crippen LogP contribution is -2.10. The quantitative estimate of drug-likeness (QED) is 0.664. The summed E-state index contributed by atoms with van der Waals surface area (Å²) < 4.78 is 13.5. The summed E-state index contributed by atoms with van der Waals surface area (Å²) >= 11 is 3.64. The van der Waals surface area contributed by atoms with Crippen molar-refractivity contribution in [2.45, 2.75) is 30.5 Å². The molecule has 1 aromatic carbocycles. The molecule has 0 aromatic heterocycles. The third kappa shape index (κ3) is 1.72. The van der Waals surface area contributed by atoms with Crippen LogP contribution in [0.25, 0.3) is 0 Å². The van der Waals surface area contributed by atoms with E-state index in [0.717, 1.165) is 18.4 Å². The first kappa shape index (κ1) is 10.2. The van der Waals surface area contributed by atoms with Crippen molar-refractivity contribution in [1.29, 1.82) is 0 Å². The summed E-state index contributed by atoms with van der Waals surface area (Å²) in [7, 11) is 0. The van der Waals surface area contributed by atoms with Gasteiger partial charge in [0.15, 0.2) is 0 Å². The molecule has 0 heterocycles. The van der Waals surface area contributed by atoms with E-state index in [1.165, 1.54) is 0 Å². The number of alkyl halides is 1. The van der Waals surface area contributed by atoms with Gasteiger partial charge in [0.1, 0.15) is 5.82 Å². The number of hydrogen-bond acceptors (Lipinski definition) is 0. The molecule has 0 aliphatic heterocycles. The topological polar surface area (TPSA) is 0 Å². The summed E-state index contributed by atoms with van der Waals surface area (Å²) in [5, 5.41) is 0. The van der Waals surface area contributed by atoms with Gasteiger partial charge in [-0.1, -0.05) is 41.1 Å². The van der Waals surface area contributed by atoms with Crippen LogP contribution in [0.4, 0.5) is 4.39 Å². The van der Waals surface area contributed by atoms with E-state index >= 15 is 0 Å². The molecule has 1 aliphatic rings. The second-order valence-electron chi connectivity index (χ2n) is 4.08. The Kier molecular flexibility index (Phi) is 2.91. The lowest BCUT2D eigenvalue weighted by molar-refractivity contribution is 0.508. The standard InChI is InChI=1S/C12H14BrF/c1-8-9(6-7-11(8)13)10-4-2-3-5-12(10)14/h2-5,8-9,11H,6-7H2,1H3. The van der Waals surface area contributed by atoms with Crippen LogP contribution in [-0.2, 0) is 0 Å². The average Bonchev–Trinajstić information content (AvgIpc) is 2.49.